The summed E-state index contributed by atoms with van der Waals surface area (Å²) in [5.41, 5.74) is 2.86. The van der Waals surface area contributed by atoms with Crippen LogP contribution in [0.4, 0.5) is 0 Å². The maximum absolute atomic E-state index is 10.0. The van der Waals surface area contributed by atoms with Crippen LogP contribution in [0.25, 0.3) is 0 Å². The first-order valence-corrected chi connectivity index (χ1v) is 9.02. The van der Waals surface area contributed by atoms with Gasteiger partial charge in [0.2, 0.25) is 0 Å². The van der Waals surface area contributed by atoms with E-state index in [1.165, 1.54) is 11.1 Å². The summed E-state index contributed by atoms with van der Waals surface area (Å²) in [5.74, 6) is 0. The highest BCUT2D eigenvalue weighted by Crippen LogP contribution is 2.45. The SMILES string of the molecule is CCOP(O)C1CN(C(c2ccccc2)c2ccccc2)C1. The van der Waals surface area contributed by atoms with E-state index in [4.69, 9.17) is 4.52 Å². The molecule has 1 saturated heterocycles. The van der Waals surface area contributed by atoms with Crippen LogP contribution in [-0.4, -0.2) is 35.1 Å². The van der Waals surface area contributed by atoms with Crippen LogP contribution in [0.3, 0.4) is 0 Å². The van der Waals surface area contributed by atoms with Gasteiger partial charge in [-0.3, -0.25) is 4.90 Å². The van der Waals surface area contributed by atoms with Gasteiger partial charge in [-0.2, -0.15) is 0 Å². The molecule has 0 aromatic heterocycles. The largest absolute Gasteiger partial charge is 0.350 e. The van der Waals surface area contributed by atoms with Crippen molar-refractivity contribution in [1.82, 2.24) is 4.90 Å². The van der Waals surface area contributed by atoms with Gasteiger partial charge in [-0.25, -0.2) is 0 Å². The zero-order valence-electron chi connectivity index (χ0n) is 12.8. The van der Waals surface area contributed by atoms with Crippen molar-refractivity contribution in [3.05, 3.63) is 71.8 Å². The van der Waals surface area contributed by atoms with Gasteiger partial charge >= 0.3 is 0 Å². The third kappa shape index (κ3) is 3.39. The van der Waals surface area contributed by atoms with Gasteiger partial charge in [0.05, 0.1) is 18.3 Å². The average Bonchev–Trinajstić information content (AvgIpc) is 2.52. The van der Waals surface area contributed by atoms with E-state index < -0.39 is 8.38 Å². The quantitative estimate of drug-likeness (QED) is 0.823. The Hall–Kier alpha value is -1.25. The number of hydrogen-bond donors (Lipinski definition) is 1. The Kier molecular flexibility index (Phi) is 5.22. The zero-order chi connectivity index (χ0) is 15.4. The normalized spacial score (nSPS) is 17.4. The lowest BCUT2D eigenvalue weighted by Gasteiger charge is -2.45. The fourth-order valence-electron chi connectivity index (χ4n) is 2.96. The fraction of sp³-hybridized carbons (Fsp3) is 0.333. The van der Waals surface area contributed by atoms with Crippen molar-refractivity contribution in [2.24, 2.45) is 0 Å². The maximum atomic E-state index is 10.0. The number of hydrogen-bond acceptors (Lipinski definition) is 3. The summed E-state index contributed by atoms with van der Waals surface area (Å²) in [6.45, 7) is 4.28. The van der Waals surface area contributed by atoms with Gasteiger partial charge in [0.15, 0.2) is 8.38 Å². The molecule has 0 saturated carbocycles. The van der Waals surface area contributed by atoms with Gasteiger partial charge in [0, 0.05) is 13.1 Å². The highest BCUT2D eigenvalue weighted by molar-refractivity contribution is 7.47. The minimum absolute atomic E-state index is 0.253. The van der Waals surface area contributed by atoms with Gasteiger partial charge in [-0.05, 0) is 18.1 Å². The monoisotopic (exact) mass is 315 g/mol. The second-order valence-corrected chi connectivity index (χ2v) is 7.15. The van der Waals surface area contributed by atoms with Crippen molar-refractivity contribution in [2.45, 2.75) is 18.6 Å². The molecule has 0 amide bonds. The highest BCUT2D eigenvalue weighted by Gasteiger charge is 2.38. The van der Waals surface area contributed by atoms with Gasteiger partial charge in [0.1, 0.15) is 0 Å². The molecule has 1 N–H and O–H groups in total. The first kappa shape index (κ1) is 15.6. The lowest BCUT2D eigenvalue weighted by Crippen LogP contribution is -2.51. The van der Waals surface area contributed by atoms with Crippen LogP contribution in [0.15, 0.2) is 60.7 Å². The first-order chi connectivity index (χ1) is 10.8. The molecule has 4 heteroatoms. The molecule has 0 spiro atoms. The molecule has 0 radical (unpaired) electrons. The van der Waals surface area contributed by atoms with E-state index in [2.05, 4.69) is 53.4 Å². The lowest BCUT2D eigenvalue weighted by atomic mass is 9.94. The summed E-state index contributed by atoms with van der Waals surface area (Å²) in [4.78, 5) is 12.4. The molecular formula is C18H22NO2P. The second kappa shape index (κ2) is 7.34. The molecule has 1 fully saturated rings. The Morgan fingerprint density at radius 1 is 1.05 bits per heavy atom. The fourth-order valence-corrected chi connectivity index (χ4v) is 4.14. The summed E-state index contributed by atoms with van der Waals surface area (Å²) < 4.78 is 5.38. The molecule has 2 aromatic carbocycles. The van der Waals surface area contributed by atoms with Crippen LogP contribution in [-0.2, 0) is 4.52 Å². The summed E-state index contributed by atoms with van der Waals surface area (Å²) >= 11 is 0. The molecule has 22 heavy (non-hydrogen) atoms. The van der Waals surface area contributed by atoms with Crippen LogP contribution in [0.2, 0.25) is 0 Å². The van der Waals surface area contributed by atoms with Gasteiger partial charge in [0.25, 0.3) is 0 Å². The Labute approximate surface area is 133 Å². The number of benzene rings is 2. The highest BCUT2D eigenvalue weighted by atomic mass is 31.2. The summed E-state index contributed by atoms with van der Waals surface area (Å²) in [7, 11) is -1.29. The molecule has 3 nitrogen and oxygen atoms in total. The Bertz CT molecular complexity index is 533. The van der Waals surface area contributed by atoms with Crippen LogP contribution in [0.5, 0.6) is 0 Å². The molecule has 0 bridgehead atoms. The molecular weight excluding hydrogens is 293 g/mol. The van der Waals surface area contributed by atoms with Crippen molar-refractivity contribution < 1.29 is 9.42 Å². The molecule has 1 unspecified atom stereocenters. The van der Waals surface area contributed by atoms with Crippen LogP contribution < -0.4 is 0 Å². The molecule has 1 heterocycles. The maximum Gasteiger partial charge on any atom is 0.173 e. The van der Waals surface area contributed by atoms with E-state index in [-0.39, 0.29) is 11.7 Å². The van der Waals surface area contributed by atoms with E-state index in [0.717, 1.165) is 13.1 Å². The second-order valence-electron chi connectivity index (χ2n) is 5.55. The van der Waals surface area contributed by atoms with Crippen LogP contribution >= 0.6 is 8.38 Å². The van der Waals surface area contributed by atoms with Crippen molar-refractivity contribution in [3.63, 3.8) is 0 Å². The topological polar surface area (TPSA) is 32.7 Å². The molecule has 2 aromatic rings. The molecule has 1 aliphatic rings. The number of likely N-dealkylation sites (tertiary alicyclic amines) is 1. The standard InChI is InChI=1S/C18H22NO2P/c1-2-21-22(20)17-13-19(14-17)18(15-9-5-3-6-10-15)16-11-7-4-8-12-16/h3-12,17-18,20H,2,13-14H2,1H3. The summed E-state index contributed by atoms with van der Waals surface area (Å²) in [6, 6.07) is 21.4. The van der Waals surface area contributed by atoms with E-state index in [0.29, 0.717) is 6.61 Å². The van der Waals surface area contributed by atoms with Gasteiger partial charge in [-0.15, -0.1) is 0 Å². The molecule has 116 valence electrons. The Balaban J connectivity index is 1.77. The van der Waals surface area contributed by atoms with E-state index >= 15 is 0 Å². The molecule has 3 rings (SSSR count). The van der Waals surface area contributed by atoms with Crippen molar-refractivity contribution in [1.29, 1.82) is 0 Å². The van der Waals surface area contributed by atoms with Crippen LogP contribution in [0.1, 0.15) is 24.1 Å². The third-order valence-corrected chi connectivity index (χ3v) is 5.53. The summed E-state index contributed by atoms with van der Waals surface area (Å²) in [5, 5.41) is 0. The lowest BCUT2D eigenvalue weighted by molar-refractivity contribution is 0.133. The van der Waals surface area contributed by atoms with Gasteiger partial charge < -0.3 is 9.42 Å². The smallest absolute Gasteiger partial charge is 0.173 e. The predicted molar refractivity (Wildman–Crippen MR) is 90.9 cm³/mol. The third-order valence-electron chi connectivity index (χ3n) is 4.06. The Morgan fingerprint density at radius 2 is 1.55 bits per heavy atom. The van der Waals surface area contributed by atoms with E-state index in [1.54, 1.807) is 0 Å². The molecule has 0 aliphatic carbocycles. The van der Waals surface area contributed by atoms with Gasteiger partial charge in [-0.1, -0.05) is 60.7 Å². The summed E-state index contributed by atoms with van der Waals surface area (Å²) in [6.07, 6.45) is 0. The van der Waals surface area contributed by atoms with Crippen molar-refractivity contribution in [2.75, 3.05) is 19.7 Å². The van der Waals surface area contributed by atoms with E-state index in [1.807, 2.05) is 19.1 Å². The molecule has 1 aliphatic heterocycles. The van der Waals surface area contributed by atoms with E-state index in [9.17, 15) is 4.89 Å². The minimum Gasteiger partial charge on any atom is -0.350 e. The Morgan fingerprint density at radius 3 is 2.00 bits per heavy atom. The predicted octanol–water partition coefficient (Wildman–Crippen LogP) is 3.80. The minimum atomic E-state index is -1.29. The number of rotatable bonds is 6. The number of nitrogens with zero attached hydrogens (tertiary/aromatic N) is 1. The first-order valence-electron chi connectivity index (χ1n) is 7.74. The average molecular weight is 315 g/mol. The van der Waals surface area contributed by atoms with Crippen LogP contribution in [0, 0.1) is 0 Å². The van der Waals surface area contributed by atoms with Crippen molar-refractivity contribution >= 4 is 8.38 Å². The van der Waals surface area contributed by atoms with Crippen molar-refractivity contribution in [3.8, 4) is 0 Å². The molecule has 1 atom stereocenters. The zero-order valence-corrected chi connectivity index (χ0v) is 13.7.